The number of rotatable bonds is 2. The molecule has 1 heterocycles. The molecule has 0 spiro atoms. The van der Waals surface area contributed by atoms with E-state index < -0.39 is 5.82 Å². The molecule has 19 heavy (non-hydrogen) atoms. The lowest BCUT2D eigenvalue weighted by Crippen LogP contribution is -2.32. The lowest BCUT2D eigenvalue weighted by atomic mass is 9.98. The molecule has 2 amide bonds. The maximum Gasteiger partial charge on any atom is 0.255 e. The van der Waals surface area contributed by atoms with Crippen LogP contribution in [0.3, 0.4) is 0 Å². The van der Waals surface area contributed by atoms with Gasteiger partial charge >= 0.3 is 0 Å². The molecule has 0 saturated carbocycles. The summed E-state index contributed by atoms with van der Waals surface area (Å²) in [5.74, 6) is -1.29. The van der Waals surface area contributed by atoms with E-state index >= 15 is 0 Å². The van der Waals surface area contributed by atoms with Gasteiger partial charge in [-0.05, 0) is 40.0 Å². The molecule has 1 aliphatic heterocycles. The van der Waals surface area contributed by atoms with Gasteiger partial charge in [-0.1, -0.05) is 6.92 Å². The van der Waals surface area contributed by atoms with Gasteiger partial charge in [0.15, 0.2) is 0 Å². The highest BCUT2D eigenvalue weighted by Crippen LogP contribution is 2.26. The van der Waals surface area contributed by atoms with Crippen LogP contribution in [0.15, 0.2) is 22.7 Å². The summed E-state index contributed by atoms with van der Waals surface area (Å²) in [5.41, 5.74) is 5.69. The van der Waals surface area contributed by atoms with E-state index in [9.17, 15) is 14.0 Å². The summed E-state index contributed by atoms with van der Waals surface area (Å²) in [7, 11) is 0. The fourth-order valence-corrected chi connectivity index (χ4v) is 2.86. The van der Waals surface area contributed by atoms with Crippen molar-refractivity contribution in [1.29, 1.82) is 0 Å². The van der Waals surface area contributed by atoms with Crippen molar-refractivity contribution in [2.24, 2.45) is 17.6 Å². The molecule has 1 saturated heterocycles. The predicted molar refractivity (Wildman–Crippen MR) is 71.9 cm³/mol. The molecular formula is C13H14BrFN2O2. The molecule has 1 aliphatic rings. The predicted octanol–water partition coefficient (Wildman–Crippen LogP) is 1.78. The third-order valence-electron chi connectivity index (χ3n) is 3.43. The van der Waals surface area contributed by atoms with Crippen LogP contribution in [-0.2, 0) is 4.79 Å². The molecule has 1 aromatic rings. The Morgan fingerprint density at radius 3 is 2.63 bits per heavy atom. The zero-order chi connectivity index (χ0) is 14.2. The summed E-state index contributed by atoms with van der Waals surface area (Å²) in [4.78, 5) is 25.1. The van der Waals surface area contributed by atoms with Crippen LogP contribution in [-0.4, -0.2) is 29.8 Å². The number of amides is 2. The fourth-order valence-electron chi connectivity index (χ4n) is 2.34. The van der Waals surface area contributed by atoms with Gasteiger partial charge in [0.2, 0.25) is 5.91 Å². The quantitative estimate of drug-likeness (QED) is 0.899. The Kier molecular flexibility index (Phi) is 3.89. The zero-order valence-electron chi connectivity index (χ0n) is 10.4. The van der Waals surface area contributed by atoms with E-state index in [4.69, 9.17) is 5.73 Å². The summed E-state index contributed by atoms with van der Waals surface area (Å²) in [6, 6.07) is 3.92. The molecule has 2 rings (SSSR count). The Morgan fingerprint density at radius 2 is 2.11 bits per heavy atom. The van der Waals surface area contributed by atoms with Crippen molar-refractivity contribution in [3.05, 3.63) is 34.1 Å². The van der Waals surface area contributed by atoms with E-state index in [2.05, 4.69) is 15.9 Å². The second kappa shape index (κ2) is 5.28. The molecule has 0 bridgehead atoms. The van der Waals surface area contributed by atoms with Gasteiger partial charge in [0.05, 0.1) is 11.5 Å². The summed E-state index contributed by atoms with van der Waals surface area (Å²) in [6.07, 6.45) is 0. The van der Waals surface area contributed by atoms with Gasteiger partial charge in [-0.15, -0.1) is 0 Å². The Morgan fingerprint density at radius 1 is 1.42 bits per heavy atom. The number of halogens is 2. The topological polar surface area (TPSA) is 63.4 Å². The minimum absolute atomic E-state index is 0.0423. The minimum atomic E-state index is -0.409. The van der Waals surface area contributed by atoms with Gasteiger partial charge in [-0.25, -0.2) is 4.39 Å². The van der Waals surface area contributed by atoms with Crippen molar-refractivity contribution in [3.63, 3.8) is 0 Å². The first-order chi connectivity index (χ1) is 8.90. The lowest BCUT2D eigenvalue weighted by molar-refractivity contribution is -0.122. The molecule has 2 N–H and O–H groups in total. The Bertz CT molecular complexity index is 535. The number of nitrogens with two attached hydrogens (primary N) is 1. The van der Waals surface area contributed by atoms with Crippen LogP contribution in [0.5, 0.6) is 0 Å². The molecule has 0 aliphatic carbocycles. The van der Waals surface area contributed by atoms with Crippen LogP contribution in [0, 0.1) is 17.7 Å². The van der Waals surface area contributed by atoms with Crippen LogP contribution in [0.2, 0.25) is 0 Å². The Balaban J connectivity index is 2.19. The maximum absolute atomic E-state index is 13.0. The first-order valence-corrected chi connectivity index (χ1v) is 6.73. The standard InChI is InChI=1S/C13H14BrFN2O2/c1-7-5-17(6-10(7)12(16)18)13(19)9-3-2-8(15)4-11(9)14/h2-4,7,10H,5-6H2,1H3,(H2,16,18)/t7-,10-/m1/s1. The highest BCUT2D eigenvalue weighted by Gasteiger charge is 2.36. The number of nitrogens with zero attached hydrogens (tertiary/aromatic N) is 1. The van der Waals surface area contributed by atoms with Crippen molar-refractivity contribution in [3.8, 4) is 0 Å². The summed E-state index contributed by atoms with van der Waals surface area (Å²) in [6.45, 7) is 2.69. The average molecular weight is 329 g/mol. The van der Waals surface area contributed by atoms with Crippen LogP contribution in [0.4, 0.5) is 4.39 Å². The number of likely N-dealkylation sites (tertiary alicyclic amines) is 1. The monoisotopic (exact) mass is 328 g/mol. The SMILES string of the molecule is C[C@@H]1CN(C(=O)c2ccc(F)cc2Br)C[C@H]1C(N)=O. The van der Waals surface area contributed by atoms with E-state index in [-0.39, 0.29) is 23.7 Å². The van der Waals surface area contributed by atoms with Crippen molar-refractivity contribution < 1.29 is 14.0 Å². The van der Waals surface area contributed by atoms with E-state index in [0.29, 0.717) is 23.1 Å². The number of hydrogen-bond donors (Lipinski definition) is 1. The number of carbonyl (C=O) groups is 2. The molecule has 6 heteroatoms. The second-order valence-electron chi connectivity index (χ2n) is 4.82. The molecule has 102 valence electrons. The van der Waals surface area contributed by atoms with E-state index in [1.807, 2.05) is 6.92 Å². The molecule has 0 radical (unpaired) electrons. The number of hydrogen-bond acceptors (Lipinski definition) is 2. The van der Waals surface area contributed by atoms with Gasteiger partial charge in [-0.3, -0.25) is 9.59 Å². The minimum Gasteiger partial charge on any atom is -0.369 e. The Hall–Kier alpha value is -1.43. The van der Waals surface area contributed by atoms with Gasteiger partial charge in [0.1, 0.15) is 5.82 Å². The van der Waals surface area contributed by atoms with Gasteiger partial charge in [0.25, 0.3) is 5.91 Å². The van der Waals surface area contributed by atoms with Gasteiger partial charge in [-0.2, -0.15) is 0 Å². The van der Waals surface area contributed by atoms with Crippen LogP contribution >= 0.6 is 15.9 Å². The average Bonchev–Trinajstić information content (AvgIpc) is 2.70. The van der Waals surface area contributed by atoms with Crippen molar-refractivity contribution in [2.75, 3.05) is 13.1 Å². The van der Waals surface area contributed by atoms with Gasteiger partial charge < -0.3 is 10.6 Å². The molecule has 4 nitrogen and oxygen atoms in total. The molecule has 1 fully saturated rings. The van der Waals surface area contributed by atoms with Crippen LogP contribution in [0.25, 0.3) is 0 Å². The Labute approximate surface area is 118 Å². The number of carbonyl (C=O) groups excluding carboxylic acids is 2. The third kappa shape index (κ3) is 2.78. The van der Waals surface area contributed by atoms with E-state index in [1.165, 1.54) is 18.2 Å². The largest absolute Gasteiger partial charge is 0.369 e. The maximum atomic E-state index is 13.0. The van der Waals surface area contributed by atoms with E-state index in [0.717, 1.165) is 0 Å². The fraction of sp³-hybridized carbons (Fsp3) is 0.385. The first-order valence-electron chi connectivity index (χ1n) is 5.93. The zero-order valence-corrected chi connectivity index (χ0v) is 12.0. The molecule has 2 atom stereocenters. The molecule has 1 aromatic carbocycles. The highest BCUT2D eigenvalue weighted by molar-refractivity contribution is 9.10. The highest BCUT2D eigenvalue weighted by atomic mass is 79.9. The summed E-state index contributed by atoms with van der Waals surface area (Å²) in [5, 5.41) is 0. The molecule has 0 aromatic heterocycles. The normalized spacial score (nSPS) is 22.6. The second-order valence-corrected chi connectivity index (χ2v) is 5.67. The van der Waals surface area contributed by atoms with Crippen molar-refractivity contribution in [2.45, 2.75) is 6.92 Å². The van der Waals surface area contributed by atoms with E-state index in [1.54, 1.807) is 4.90 Å². The summed E-state index contributed by atoms with van der Waals surface area (Å²) < 4.78 is 13.4. The third-order valence-corrected chi connectivity index (χ3v) is 4.08. The molecular weight excluding hydrogens is 315 g/mol. The lowest BCUT2D eigenvalue weighted by Gasteiger charge is -2.16. The first kappa shape index (κ1) is 14.0. The van der Waals surface area contributed by atoms with Crippen LogP contribution < -0.4 is 5.73 Å². The smallest absolute Gasteiger partial charge is 0.255 e. The number of primary amides is 1. The molecule has 0 unspecified atom stereocenters. The van der Waals surface area contributed by atoms with Gasteiger partial charge in [0, 0.05) is 17.6 Å². The van der Waals surface area contributed by atoms with Crippen molar-refractivity contribution >= 4 is 27.7 Å². The number of benzene rings is 1. The van der Waals surface area contributed by atoms with Crippen molar-refractivity contribution in [1.82, 2.24) is 4.90 Å². The summed E-state index contributed by atoms with van der Waals surface area (Å²) >= 11 is 3.17. The van der Waals surface area contributed by atoms with Crippen LogP contribution in [0.1, 0.15) is 17.3 Å².